The highest BCUT2D eigenvalue weighted by Gasteiger charge is 2.22. The second-order valence-corrected chi connectivity index (χ2v) is 5.78. The third-order valence-electron chi connectivity index (χ3n) is 3.03. The summed E-state index contributed by atoms with van der Waals surface area (Å²) in [5.41, 5.74) is 1.98. The van der Waals surface area contributed by atoms with Gasteiger partial charge in [-0.15, -0.1) is 10.2 Å². The molecule has 108 valence electrons. The maximum Gasteiger partial charge on any atom is 0.273 e. The number of benzene rings is 1. The van der Waals surface area contributed by atoms with Gasteiger partial charge in [0.15, 0.2) is 5.82 Å². The normalized spacial score (nSPS) is 11.9. The molecule has 2 heterocycles. The van der Waals surface area contributed by atoms with E-state index in [4.69, 9.17) is 5.14 Å². The third-order valence-corrected chi connectivity index (χ3v) is 3.84. The van der Waals surface area contributed by atoms with Gasteiger partial charge in [-0.3, -0.25) is 14.5 Å². The monoisotopic (exact) mass is 304 g/mol. The molecule has 21 heavy (non-hydrogen) atoms. The summed E-state index contributed by atoms with van der Waals surface area (Å²) in [7, 11) is -3.93. The zero-order valence-corrected chi connectivity index (χ0v) is 11.9. The van der Waals surface area contributed by atoms with Gasteiger partial charge < -0.3 is 0 Å². The maximum atomic E-state index is 11.5. The van der Waals surface area contributed by atoms with Crippen LogP contribution in [0.5, 0.6) is 0 Å². The molecule has 3 aromatic rings. The van der Waals surface area contributed by atoms with E-state index in [2.05, 4.69) is 20.2 Å². The quantitative estimate of drug-likeness (QED) is 0.755. The Morgan fingerprint density at radius 1 is 1.19 bits per heavy atom. The van der Waals surface area contributed by atoms with Crippen LogP contribution in [0, 0.1) is 0 Å². The van der Waals surface area contributed by atoms with Gasteiger partial charge in [-0.1, -0.05) is 6.07 Å². The zero-order valence-electron chi connectivity index (χ0n) is 11.1. The Labute approximate surface area is 120 Å². The van der Waals surface area contributed by atoms with Crippen LogP contribution >= 0.6 is 0 Å². The molecule has 0 bridgehead atoms. The van der Waals surface area contributed by atoms with Gasteiger partial charge in [0, 0.05) is 24.5 Å². The molecule has 0 fully saturated rings. The molecule has 0 aliphatic carbocycles. The topological polar surface area (TPSA) is 117 Å². The molecule has 0 unspecified atom stereocenters. The minimum Gasteiger partial charge on any atom is -0.297 e. The number of hydrogen-bond donors (Lipinski definition) is 1. The van der Waals surface area contributed by atoms with E-state index in [-0.39, 0.29) is 5.16 Å². The summed E-state index contributed by atoms with van der Waals surface area (Å²) in [5.74, 6) is 0.396. The minimum atomic E-state index is -3.93. The fraction of sp³-hybridized carbons (Fsp3) is 0.167. The van der Waals surface area contributed by atoms with E-state index in [1.54, 1.807) is 31.5 Å². The summed E-state index contributed by atoms with van der Waals surface area (Å²) in [5, 5.41) is 12.5. The fourth-order valence-corrected chi connectivity index (χ4v) is 2.83. The molecule has 0 aliphatic rings. The van der Waals surface area contributed by atoms with Crippen molar-refractivity contribution in [3.05, 3.63) is 30.6 Å². The number of nitrogens with zero attached hydrogens (tertiary/aromatic N) is 5. The van der Waals surface area contributed by atoms with Crippen molar-refractivity contribution >= 4 is 21.1 Å². The number of para-hydroxylation sites is 1. The summed E-state index contributed by atoms with van der Waals surface area (Å²) in [6, 6.07) is 5.41. The minimum absolute atomic E-state index is 0.263. The van der Waals surface area contributed by atoms with Gasteiger partial charge in [-0.2, -0.15) is 0 Å². The van der Waals surface area contributed by atoms with Gasteiger partial charge in [-0.05, 0) is 19.1 Å². The Hall–Kier alpha value is -2.39. The number of primary sulfonamides is 1. The van der Waals surface area contributed by atoms with Gasteiger partial charge in [0.1, 0.15) is 0 Å². The van der Waals surface area contributed by atoms with E-state index >= 15 is 0 Å². The van der Waals surface area contributed by atoms with Crippen molar-refractivity contribution < 1.29 is 8.42 Å². The smallest absolute Gasteiger partial charge is 0.273 e. The summed E-state index contributed by atoms with van der Waals surface area (Å²) in [6.07, 6.45) is 3.16. The first kappa shape index (κ1) is 13.6. The molecule has 0 atom stereocenters. The molecule has 0 radical (unpaired) electrons. The van der Waals surface area contributed by atoms with Crippen LogP contribution in [0.2, 0.25) is 0 Å². The first-order valence-electron chi connectivity index (χ1n) is 6.18. The lowest BCUT2D eigenvalue weighted by Crippen LogP contribution is -2.18. The number of nitrogens with two attached hydrogens (primary N) is 1. The number of aromatic nitrogens is 5. The van der Waals surface area contributed by atoms with Gasteiger partial charge in [0.05, 0.1) is 11.0 Å². The fourth-order valence-electron chi connectivity index (χ4n) is 2.16. The van der Waals surface area contributed by atoms with E-state index < -0.39 is 10.0 Å². The van der Waals surface area contributed by atoms with Crippen molar-refractivity contribution in [2.45, 2.75) is 18.6 Å². The van der Waals surface area contributed by atoms with Crippen LogP contribution in [-0.2, 0) is 16.6 Å². The molecule has 0 saturated carbocycles. The maximum absolute atomic E-state index is 11.5. The molecule has 8 nitrogen and oxygen atoms in total. The molecule has 1 aromatic carbocycles. The van der Waals surface area contributed by atoms with Crippen LogP contribution in [0.3, 0.4) is 0 Å². The van der Waals surface area contributed by atoms with Crippen LogP contribution in [0.15, 0.2) is 35.7 Å². The molecule has 0 amide bonds. The summed E-state index contributed by atoms with van der Waals surface area (Å²) >= 11 is 0. The lowest BCUT2D eigenvalue weighted by Gasteiger charge is -2.07. The summed E-state index contributed by atoms with van der Waals surface area (Å²) in [6.45, 7) is 2.16. The van der Waals surface area contributed by atoms with Crippen LogP contribution in [0.4, 0.5) is 0 Å². The summed E-state index contributed by atoms with van der Waals surface area (Å²) < 4.78 is 24.5. The average molecular weight is 304 g/mol. The SMILES string of the molecule is CCn1c(-c2cccc3nccnc23)nnc1S(N)(=O)=O. The lowest BCUT2D eigenvalue weighted by atomic mass is 10.1. The number of sulfonamides is 1. The van der Waals surface area contributed by atoms with Crippen LogP contribution in [0.25, 0.3) is 22.4 Å². The highest BCUT2D eigenvalue weighted by molar-refractivity contribution is 7.89. The number of hydrogen-bond acceptors (Lipinski definition) is 6. The van der Waals surface area contributed by atoms with Crippen molar-refractivity contribution in [2.75, 3.05) is 0 Å². The van der Waals surface area contributed by atoms with Crippen molar-refractivity contribution in [1.82, 2.24) is 24.7 Å². The molecular weight excluding hydrogens is 292 g/mol. The second-order valence-electron chi connectivity index (χ2n) is 4.33. The lowest BCUT2D eigenvalue weighted by molar-refractivity contribution is 0.571. The molecule has 9 heteroatoms. The Kier molecular flexibility index (Phi) is 3.15. The zero-order chi connectivity index (χ0) is 15.0. The highest BCUT2D eigenvalue weighted by atomic mass is 32.2. The predicted octanol–water partition coefficient (Wildman–Crippen LogP) is 0.556. The van der Waals surface area contributed by atoms with E-state index in [9.17, 15) is 8.42 Å². The molecule has 0 spiro atoms. The third kappa shape index (κ3) is 2.26. The predicted molar refractivity (Wildman–Crippen MR) is 75.6 cm³/mol. The molecule has 3 rings (SSSR count). The molecule has 2 aromatic heterocycles. The van der Waals surface area contributed by atoms with Crippen molar-refractivity contribution in [3.63, 3.8) is 0 Å². The van der Waals surface area contributed by atoms with E-state index in [0.717, 1.165) is 0 Å². The molecular formula is C12H12N6O2S. The van der Waals surface area contributed by atoms with Crippen molar-refractivity contribution in [1.29, 1.82) is 0 Å². The van der Waals surface area contributed by atoms with Gasteiger partial charge in [-0.25, -0.2) is 13.6 Å². The van der Waals surface area contributed by atoms with Gasteiger partial charge in [0.2, 0.25) is 0 Å². The Bertz CT molecular complexity index is 913. The Morgan fingerprint density at radius 2 is 1.95 bits per heavy atom. The van der Waals surface area contributed by atoms with Gasteiger partial charge in [0.25, 0.3) is 15.2 Å². The van der Waals surface area contributed by atoms with Crippen LogP contribution in [-0.4, -0.2) is 33.2 Å². The van der Waals surface area contributed by atoms with Gasteiger partial charge >= 0.3 is 0 Å². The largest absolute Gasteiger partial charge is 0.297 e. The van der Waals surface area contributed by atoms with E-state index in [1.807, 2.05) is 6.07 Å². The van der Waals surface area contributed by atoms with E-state index in [1.165, 1.54) is 4.57 Å². The van der Waals surface area contributed by atoms with Crippen LogP contribution < -0.4 is 5.14 Å². The molecule has 0 aliphatic heterocycles. The number of fused-ring (bicyclic) bond motifs is 1. The Morgan fingerprint density at radius 3 is 2.67 bits per heavy atom. The van der Waals surface area contributed by atoms with Crippen molar-refractivity contribution in [3.8, 4) is 11.4 Å². The second kappa shape index (κ2) is 4.86. The molecule has 0 saturated heterocycles. The van der Waals surface area contributed by atoms with Crippen molar-refractivity contribution in [2.24, 2.45) is 5.14 Å². The van der Waals surface area contributed by atoms with Crippen LogP contribution in [0.1, 0.15) is 6.92 Å². The Balaban J connectivity index is 2.32. The number of rotatable bonds is 3. The van der Waals surface area contributed by atoms with E-state index in [0.29, 0.717) is 29.0 Å². The average Bonchev–Trinajstić information content (AvgIpc) is 2.90. The first-order valence-corrected chi connectivity index (χ1v) is 7.73. The highest BCUT2D eigenvalue weighted by Crippen LogP contribution is 2.25. The first-order chi connectivity index (χ1) is 10.0. The molecule has 2 N–H and O–H groups in total. The summed E-state index contributed by atoms with van der Waals surface area (Å²) in [4.78, 5) is 8.50. The standard InChI is InChI=1S/C12H12N6O2S/c1-2-18-11(16-17-12(18)21(13,19)20)8-4-3-5-9-10(8)15-7-6-14-9/h3-7H,2H2,1H3,(H2,13,19,20).